The van der Waals surface area contributed by atoms with Gasteiger partial charge in [0.1, 0.15) is 5.54 Å². The van der Waals surface area contributed by atoms with Gasteiger partial charge in [-0.2, -0.15) is 52.7 Å². The van der Waals surface area contributed by atoms with E-state index in [0.29, 0.717) is 9.80 Å². The van der Waals surface area contributed by atoms with Gasteiger partial charge < -0.3 is 27.8 Å². The first-order valence-electron chi connectivity index (χ1n) is 14.6. The number of imide groups is 1. The molecule has 1 aliphatic heterocycles. The van der Waals surface area contributed by atoms with E-state index in [4.69, 9.17) is 22.9 Å². The van der Waals surface area contributed by atoms with Crippen LogP contribution in [0.5, 0.6) is 0 Å². The largest absolute Gasteiger partial charge is 0.416 e. The fraction of sp³-hybridized carbons (Fsp3) is 0.448. The second-order valence-corrected chi connectivity index (χ2v) is 11.4. The van der Waals surface area contributed by atoms with Crippen LogP contribution in [0.4, 0.5) is 57.5 Å². The highest BCUT2D eigenvalue weighted by atomic mass is 19.4. The lowest BCUT2D eigenvalue weighted by Gasteiger charge is -2.36. The molecule has 3 amide bonds. The molecule has 1 aliphatic rings. The summed E-state index contributed by atoms with van der Waals surface area (Å²) in [5.41, 5.74) is 9.39. The van der Waals surface area contributed by atoms with Crippen LogP contribution in [-0.2, 0) is 42.3 Å². The van der Waals surface area contributed by atoms with Gasteiger partial charge in [-0.05, 0) is 60.4 Å². The molecule has 0 bridgehead atoms. The Balaban J connectivity index is 2.35. The van der Waals surface area contributed by atoms with E-state index in [0.717, 1.165) is 0 Å². The van der Waals surface area contributed by atoms with Crippen molar-refractivity contribution in [3.8, 4) is 0 Å². The molecule has 0 aromatic heterocycles. The van der Waals surface area contributed by atoms with Crippen LogP contribution in [0.3, 0.4) is 0 Å². The Kier molecular flexibility index (Phi) is 11.7. The zero-order valence-corrected chi connectivity index (χ0v) is 26.1. The van der Waals surface area contributed by atoms with Crippen molar-refractivity contribution in [2.24, 2.45) is 32.9 Å². The van der Waals surface area contributed by atoms with Gasteiger partial charge in [0.25, 0.3) is 5.91 Å². The first-order valence-corrected chi connectivity index (χ1v) is 14.6. The minimum Gasteiger partial charge on any atom is -0.370 e. The lowest BCUT2D eigenvalue weighted by atomic mass is 9.81. The molecule has 0 saturated carbocycles. The number of nitrogens with zero attached hydrogens (tertiary/aromatic N) is 4. The van der Waals surface area contributed by atoms with Gasteiger partial charge >= 0.3 is 30.7 Å². The average molecular weight is 751 g/mol. The van der Waals surface area contributed by atoms with Crippen molar-refractivity contribution < 1.29 is 62.3 Å². The van der Waals surface area contributed by atoms with Crippen LogP contribution in [0.25, 0.3) is 0 Å². The highest BCUT2D eigenvalue weighted by molar-refractivity contribution is 6.07. The summed E-state index contributed by atoms with van der Waals surface area (Å²) in [6, 6.07) is -0.698. The SMILES string of the molecule is NC(N)=NCCCN1C(=O)N(CCCN=C(N)N)C(Cc2cc(C(F)(F)F)cc(C(F)(F)F)c2)(Cc2cc(C(F)(F)F)cc(C(F)(F)F)c2)C1=O. The Labute approximate surface area is 281 Å². The van der Waals surface area contributed by atoms with Crippen molar-refractivity contribution in [2.45, 2.75) is 55.9 Å². The minimum atomic E-state index is -5.38. The molecule has 1 heterocycles. The molecule has 2 aromatic carbocycles. The normalized spacial score (nSPS) is 15.4. The van der Waals surface area contributed by atoms with Crippen molar-refractivity contribution in [1.29, 1.82) is 0 Å². The number of carbonyl (C=O) groups is 2. The summed E-state index contributed by atoms with van der Waals surface area (Å²) < 4.78 is 166. The monoisotopic (exact) mass is 750 g/mol. The van der Waals surface area contributed by atoms with E-state index in [1.165, 1.54) is 0 Å². The molecule has 1 saturated heterocycles. The zero-order valence-electron chi connectivity index (χ0n) is 26.1. The number of hydrogen-bond acceptors (Lipinski definition) is 4. The maximum absolute atomic E-state index is 14.3. The van der Waals surface area contributed by atoms with Crippen LogP contribution >= 0.6 is 0 Å². The van der Waals surface area contributed by atoms with Gasteiger partial charge in [0, 0.05) is 39.0 Å². The fourth-order valence-corrected chi connectivity index (χ4v) is 5.49. The summed E-state index contributed by atoms with van der Waals surface area (Å²) in [6.45, 7) is -1.55. The molecular formula is C29H30F12N8O2. The van der Waals surface area contributed by atoms with E-state index in [2.05, 4.69) is 9.98 Å². The van der Waals surface area contributed by atoms with Crippen molar-refractivity contribution in [3.05, 3.63) is 69.8 Å². The fourth-order valence-electron chi connectivity index (χ4n) is 5.49. The summed E-state index contributed by atoms with van der Waals surface area (Å²) in [5.74, 6) is -2.16. The summed E-state index contributed by atoms with van der Waals surface area (Å²) >= 11 is 0. The van der Waals surface area contributed by atoms with Gasteiger partial charge in [0.05, 0.1) is 22.3 Å². The molecule has 2 aromatic rings. The molecule has 0 unspecified atom stereocenters. The Hall–Kier alpha value is -4.92. The van der Waals surface area contributed by atoms with Crippen LogP contribution in [0, 0.1) is 0 Å². The molecule has 282 valence electrons. The number of rotatable bonds is 12. The molecule has 0 spiro atoms. The summed E-state index contributed by atoms with van der Waals surface area (Å²) in [5, 5.41) is 0. The van der Waals surface area contributed by atoms with Crippen LogP contribution in [-0.4, -0.2) is 65.4 Å². The summed E-state index contributed by atoms with van der Waals surface area (Å²) in [7, 11) is 0. The second kappa shape index (κ2) is 14.7. The molecule has 0 radical (unpaired) electrons. The smallest absolute Gasteiger partial charge is 0.370 e. The summed E-state index contributed by atoms with van der Waals surface area (Å²) in [4.78, 5) is 36.6. The number of amides is 3. The van der Waals surface area contributed by atoms with Gasteiger partial charge in [-0.15, -0.1) is 0 Å². The summed E-state index contributed by atoms with van der Waals surface area (Å²) in [6.07, 6.45) is -24.3. The van der Waals surface area contributed by atoms with Gasteiger partial charge in [0.2, 0.25) is 0 Å². The number of benzene rings is 2. The van der Waals surface area contributed by atoms with E-state index in [-0.39, 0.29) is 68.3 Å². The maximum Gasteiger partial charge on any atom is 0.416 e. The quantitative estimate of drug-likeness (QED) is 0.0793. The predicted molar refractivity (Wildman–Crippen MR) is 157 cm³/mol. The minimum absolute atomic E-state index is 0.156. The lowest BCUT2D eigenvalue weighted by Crippen LogP contribution is -2.54. The van der Waals surface area contributed by atoms with Crippen molar-refractivity contribution in [3.63, 3.8) is 0 Å². The lowest BCUT2D eigenvalue weighted by molar-refractivity contribution is -0.144. The maximum atomic E-state index is 14.3. The number of hydrogen-bond donors (Lipinski definition) is 4. The van der Waals surface area contributed by atoms with Gasteiger partial charge in [-0.3, -0.25) is 19.7 Å². The standard InChI is InChI=1S/C29H30F12N8O2/c30-26(31,32)17-7-15(8-18(11-17)27(33,34)35)13-25(14-16-9-19(28(36,37)38)12-20(10-16)29(39,40)41)21(50)48(5-1-3-46-22(42)43)24(51)49(25)6-2-4-47-23(44)45/h7-12H,1-6,13-14H2,(H4,42,43,46)(H4,44,45,47). The van der Waals surface area contributed by atoms with Crippen molar-refractivity contribution >= 4 is 23.9 Å². The third-order valence-electron chi connectivity index (χ3n) is 7.58. The molecule has 10 nitrogen and oxygen atoms in total. The van der Waals surface area contributed by atoms with Crippen LogP contribution in [0.15, 0.2) is 46.4 Å². The molecule has 0 atom stereocenters. The van der Waals surface area contributed by atoms with E-state index >= 15 is 0 Å². The number of guanidine groups is 2. The first kappa shape index (κ1) is 40.5. The third kappa shape index (κ3) is 10.1. The number of halogens is 12. The van der Waals surface area contributed by atoms with Gasteiger partial charge in [-0.1, -0.05) is 0 Å². The van der Waals surface area contributed by atoms with Crippen molar-refractivity contribution in [1.82, 2.24) is 9.80 Å². The highest BCUT2D eigenvalue weighted by Crippen LogP contribution is 2.42. The Bertz CT molecular complexity index is 1520. The third-order valence-corrected chi connectivity index (χ3v) is 7.58. The Morgan fingerprint density at radius 3 is 1.22 bits per heavy atom. The number of nitrogens with two attached hydrogens (primary N) is 4. The highest BCUT2D eigenvalue weighted by Gasteiger charge is 2.57. The second-order valence-electron chi connectivity index (χ2n) is 11.4. The number of alkyl halides is 12. The Morgan fingerprint density at radius 1 is 0.569 bits per heavy atom. The predicted octanol–water partition coefficient (Wildman–Crippen LogP) is 4.88. The molecule has 8 N–H and O–H groups in total. The molecular weight excluding hydrogens is 720 g/mol. The molecule has 3 rings (SSSR count). The van der Waals surface area contributed by atoms with E-state index in [1.807, 2.05) is 0 Å². The van der Waals surface area contributed by atoms with Crippen molar-refractivity contribution in [2.75, 3.05) is 26.2 Å². The van der Waals surface area contributed by atoms with Crippen LogP contribution < -0.4 is 22.9 Å². The molecule has 22 heteroatoms. The zero-order chi connectivity index (χ0) is 38.7. The molecule has 1 fully saturated rings. The number of urea groups is 1. The number of aliphatic imine (C=N–C) groups is 2. The van der Waals surface area contributed by atoms with Gasteiger partial charge in [0.15, 0.2) is 11.9 Å². The van der Waals surface area contributed by atoms with E-state index < -0.39 is 107 Å². The van der Waals surface area contributed by atoms with Crippen LogP contribution in [0.1, 0.15) is 46.2 Å². The molecule has 0 aliphatic carbocycles. The van der Waals surface area contributed by atoms with Gasteiger partial charge in [-0.25, -0.2) is 4.79 Å². The average Bonchev–Trinajstić information content (AvgIpc) is 3.15. The van der Waals surface area contributed by atoms with E-state index in [1.54, 1.807) is 0 Å². The number of carbonyl (C=O) groups excluding carboxylic acids is 2. The van der Waals surface area contributed by atoms with E-state index in [9.17, 15) is 62.3 Å². The topological polar surface area (TPSA) is 169 Å². The van der Waals surface area contributed by atoms with Crippen LogP contribution in [0.2, 0.25) is 0 Å². The first-order chi connectivity index (χ1) is 23.3. The molecule has 51 heavy (non-hydrogen) atoms. The Morgan fingerprint density at radius 2 is 0.902 bits per heavy atom.